The fraction of sp³-hybridized carbons (Fsp3) is 0.263. The van der Waals surface area contributed by atoms with Gasteiger partial charge in [-0.25, -0.2) is 13.9 Å². The average molecular weight is 446 g/mol. The van der Waals surface area contributed by atoms with Gasteiger partial charge in [0, 0.05) is 18.7 Å². The van der Waals surface area contributed by atoms with Gasteiger partial charge in [-0.15, -0.1) is 0 Å². The third-order valence-corrected chi connectivity index (χ3v) is 5.42. The standard InChI is InChI=1S/C19H17BrFN5O2/c1-19(2)18(28)22-7-8-25(19)17(27)15-10-26-16(23-15)13(20)9-14(24-26)11-3-5-12(21)6-4-11/h3-6,9-10H,7-8H2,1-2H3,(H,22,28). The van der Waals surface area contributed by atoms with Gasteiger partial charge >= 0.3 is 0 Å². The number of nitrogens with one attached hydrogen (secondary N) is 1. The lowest BCUT2D eigenvalue weighted by Crippen LogP contribution is -2.63. The number of rotatable bonds is 2. The number of carbonyl (C=O) groups is 2. The van der Waals surface area contributed by atoms with Crippen LogP contribution in [0.25, 0.3) is 16.9 Å². The number of imidazole rings is 1. The zero-order valence-electron chi connectivity index (χ0n) is 15.2. The molecule has 0 unspecified atom stereocenters. The van der Waals surface area contributed by atoms with Crippen LogP contribution >= 0.6 is 15.9 Å². The van der Waals surface area contributed by atoms with E-state index in [4.69, 9.17) is 0 Å². The van der Waals surface area contributed by atoms with Gasteiger partial charge in [0.25, 0.3) is 5.91 Å². The maximum Gasteiger partial charge on any atom is 0.275 e. The number of fused-ring (bicyclic) bond motifs is 1. The summed E-state index contributed by atoms with van der Waals surface area (Å²) in [7, 11) is 0. The third-order valence-electron chi connectivity index (χ3n) is 4.84. The van der Waals surface area contributed by atoms with E-state index >= 15 is 0 Å². The molecule has 1 N–H and O–H groups in total. The quantitative estimate of drug-likeness (QED) is 0.657. The molecule has 4 rings (SSSR count). The minimum atomic E-state index is -0.963. The molecule has 7 nitrogen and oxygen atoms in total. The summed E-state index contributed by atoms with van der Waals surface area (Å²) in [5, 5.41) is 7.26. The Balaban J connectivity index is 1.73. The zero-order chi connectivity index (χ0) is 20.1. The van der Waals surface area contributed by atoms with Crippen molar-refractivity contribution < 1.29 is 14.0 Å². The molecule has 1 aliphatic rings. The molecule has 3 heterocycles. The lowest BCUT2D eigenvalue weighted by molar-refractivity contribution is -0.133. The van der Waals surface area contributed by atoms with Crippen LogP contribution in [0.15, 0.2) is 41.0 Å². The molecule has 2 amide bonds. The summed E-state index contributed by atoms with van der Waals surface area (Å²) < 4.78 is 15.3. The van der Waals surface area contributed by atoms with Crippen LogP contribution in [0, 0.1) is 5.82 Å². The van der Waals surface area contributed by atoms with E-state index < -0.39 is 5.54 Å². The Labute approximate surface area is 168 Å². The van der Waals surface area contributed by atoms with E-state index in [9.17, 15) is 14.0 Å². The predicted octanol–water partition coefficient (Wildman–Crippen LogP) is 2.65. The van der Waals surface area contributed by atoms with Crippen molar-refractivity contribution in [2.75, 3.05) is 13.1 Å². The van der Waals surface area contributed by atoms with Gasteiger partial charge in [0.05, 0.1) is 16.4 Å². The Hall–Kier alpha value is -2.81. The number of piperazine rings is 1. The number of nitrogens with zero attached hydrogens (tertiary/aromatic N) is 4. The van der Waals surface area contributed by atoms with Crippen molar-refractivity contribution >= 4 is 33.4 Å². The molecule has 0 atom stereocenters. The molecule has 144 valence electrons. The van der Waals surface area contributed by atoms with Crippen LogP contribution in [0.3, 0.4) is 0 Å². The lowest BCUT2D eigenvalue weighted by Gasteiger charge is -2.40. The van der Waals surface area contributed by atoms with Crippen molar-refractivity contribution in [2.45, 2.75) is 19.4 Å². The van der Waals surface area contributed by atoms with E-state index in [1.807, 2.05) is 0 Å². The number of amides is 2. The summed E-state index contributed by atoms with van der Waals surface area (Å²) in [4.78, 5) is 31.1. The van der Waals surface area contributed by atoms with Gasteiger partial charge in [0.15, 0.2) is 5.65 Å². The maximum absolute atomic E-state index is 13.2. The van der Waals surface area contributed by atoms with E-state index in [2.05, 4.69) is 31.3 Å². The Bertz CT molecular complexity index is 1090. The van der Waals surface area contributed by atoms with Crippen molar-refractivity contribution in [3.63, 3.8) is 0 Å². The first kappa shape index (κ1) is 18.5. The molecule has 0 aliphatic carbocycles. The first-order valence-electron chi connectivity index (χ1n) is 8.69. The second-order valence-corrected chi connectivity index (χ2v) is 7.90. The molecule has 9 heteroatoms. The van der Waals surface area contributed by atoms with Crippen LogP contribution in [-0.4, -0.2) is 49.9 Å². The fourth-order valence-corrected chi connectivity index (χ4v) is 3.68. The van der Waals surface area contributed by atoms with Crippen molar-refractivity contribution in [1.82, 2.24) is 24.8 Å². The van der Waals surface area contributed by atoms with Crippen LogP contribution in [-0.2, 0) is 4.79 Å². The molecule has 28 heavy (non-hydrogen) atoms. The van der Waals surface area contributed by atoms with E-state index in [-0.39, 0.29) is 23.3 Å². The third kappa shape index (κ3) is 3.05. The Morgan fingerprint density at radius 2 is 2.00 bits per heavy atom. The monoisotopic (exact) mass is 445 g/mol. The number of aromatic nitrogens is 3. The second kappa shape index (κ2) is 6.66. The first-order valence-corrected chi connectivity index (χ1v) is 9.49. The summed E-state index contributed by atoms with van der Waals surface area (Å²) in [6.45, 7) is 4.21. The normalized spacial score (nSPS) is 16.3. The van der Waals surface area contributed by atoms with Gasteiger partial charge in [-0.3, -0.25) is 9.59 Å². The molecule has 1 aliphatic heterocycles. The largest absolute Gasteiger partial charge is 0.352 e. The van der Waals surface area contributed by atoms with Crippen molar-refractivity contribution in [3.8, 4) is 11.3 Å². The van der Waals surface area contributed by atoms with Crippen LogP contribution in [0.1, 0.15) is 24.3 Å². The molecule has 0 spiro atoms. The molecule has 1 fully saturated rings. The molecule has 2 aromatic heterocycles. The van der Waals surface area contributed by atoms with Gasteiger partial charge in [0.1, 0.15) is 17.1 Å². The zero-order valence-corrected chi connectivity index (χ0v) is 16.8. The highest BCUT2D eigenvalue weighted by molar-refractivity contribution is 9.10. The first-order chi connectivity index (χ1) is 13.3. The summed E-state index contributed by atoms with van der Waals surface area (Å²) >= 11 is 3.46. The van der Waals surface area contributed by atoms with E-state index in [0.717, 1.165) is 5.56 Å². The van der Waals surface area contributed by atoms with Crippen molar-refractivity contribution in [3.05, 3.63) is 52.5 Å². The minimum absolute atomic E-state index is 0.200. The highest BCUT2D eigenvalue weighted by atomic mass is 79.9. The van der Waals surface area contributed by atoms with Crippen LogP contribution in [0.5, 0.6) is 0 Å². The number of hydrogen-bond acceptors (Lipinski definition) is 4. The minimum Gasteiger partial charge on any atom is -0.352 e. The van der Waals surface area contributed by atoms with E-state index in [0.29, 0.717) is 28.9 Å². The van der Waals surface area contributed by atoms with Crippen LogP contribution in [0.2, 0.25) is 0 Å². The maximum atomic E-state index is 13.2. The Morgan fingerprint density at radius 3 is 2.71 bits per heavy atom. The molecular weight excluding hydrogens is 429 g/mol. The molecule has 3 aromatic rings. The molecule has 1 aromatic carbocycles. The molecule has 0 bridgehead atoms. The average Bonchev–Trinajstić information content (AvgIpc) is 3.09. The van der Waals surface area contributed by atoms with E-state index in [1.54, 1.807) is 32.0 Å². The van der Waals surface area contributed by atoms with Gasteiger partial charge < -0.3 is 10.2 Å². The topological polar surface area (TPSA) is 79.6 Å². The fourth-order valence-electron chi connectivity index (χ4n) is 3.20. The number of carbonyl (C=O) groups excluding carboxylic acids is 2. The van der Waals surface area contributed by atoms with Crippen molar-refractivity contribution in [2.24, 2.45) is 0 Å². The van der Waals surface area contributed by atoms with Gasteiger partial charge in [-0.2, -0.15) is 5.10 Å². The summed E-state index contributed by atoms with van der Waals surface area (Å²) in [5.74, 6) is -0.859. The highest BCUT2D eigenvalue weighted by Crippen LogP contribution is 2.26. The predicted molar refractivity (Wildman–Crippen MR) is 104 cm³/mol. The van der Waals surface area contributed by atoms with Crippen LogP contribution in [0.4, 0.5) is 4.39 Å². The summed E-state index contributed by atoms with van der Waals surface area (Å²) in [6.07, 6.45) is 1.54. The van der Waals surface area contributed by atoms with Crippen LogP contribution < -0.4 is 5.32 Å². The number of benzene rings is 1. The Morgan fingerprint density at radius 1 is 1.29 bits per heavy atom. The smallest absolute Gasteiger partial charge is 0.275 e. The van der Waals surface area contributed by atoms with Crippen molar-refractivity contribution in [1.29, 1.82) is 0 Å². The SMILES string of the molecule is CC1(C)C(=O)NCCN1C(=O)c1cn2nc(-c3ccc(F)cc3)cc(Br)c2n1. The molecule has 0 saturated carbocycles. The Kier molecular flexibility index (Phi) is 4.41. The number of halogens is 2. The van der Waals surface area contributed by atoms with E-state index in [1.165, 1.54) is 27.7 Å². The molecule has 1 saturated heterocycles. The van der Waals surface area contributed by atoms with Gasteiger partial charge in [0.2, 0.25) is 5.91 Å². The second-order valence-electron chi connectivity index (χ2n) is 7.05. The molecule has 0 radical (unpaired) electrons. The molecular formula is C19H17BrFN5O2. The van der Waals surface area contributed by atoms with Gasteiger partial charge in [-0.1, -0.05) is 0 Å². The summed E-state index contributed by atoms with van der Waals surface area (Å²) in [6, 6.07) is 7.76. The lowest BCUT2D eigenvalue weighted by atomic mass is 9.98. The number of hydrogen-bond donors (Lipinski definition) is 1. The summed E-state index contributed by atoms with van der Waals surface area (Å²) in [5.41, 5.74) is 1.06. The van der Waals surface area contributed by atoms with Gasteiger partial charge in [-0.05, 0) is 60.1 Å². The highest BCUT2D eigenvalue weighted by Gasteiger charge is 2.41.